The second-order valence-corrected chi connectivity index (χ2v) is 7.38. The van der Waals surface area contributed by atoms with E-state index in [0.29, 0.717) is 11.6 Å². The van der Waals surface area contributed by atoms with E-state index in [0.717, 1.165) is 9.88 Å². The molecule has 0 aromatic carbocycles. The Morgan fingerprint density at radius 1 is 1.32 bits per heavy atom. The summed E-state index contributed by atoms with van der Waals surface area (Å²) in [5.74, 6) is -0.238. The van der Waals surface area contributed by atoms with Crippen LogP contribution >= 0.6 is 22.7 Å². The van der Waals surface area contributed by atoms with Crippen molar-refractivity contribution in [2.75, 3.05) is 0 Å². The van der Waals surface area contributed by atoms with E-state index in [1.807, 2.05) is 17.5 Å². The second kappa shape index (κ2) is 6.05. The van der Waals surface area contributed by atoms with E-state index in [2.05, 4.69) is 15.2 Å². The van der Waals surface area contributed by atoms with Crippen molar-refractivity contribution < 1.29 is 14.7 Å². The predicted molar refractivity (Wildman–Crippen MR) is 91.5 cm³/mol. The highest BCUT2D eigenvalue weighted by atomic mass is 32.1. The van der Waals surface area contributed by atoms with Crippen LogP contribution in [-0.4, -0.2) is 47.7 Å². The Morgan fingerprint density at radius 3 is 2.88 bits per heavy atom. The largest absolute Gasteiger partial charge is 0.480 e. The maximum absolute atomic E-state index is 12.9. The molecule has 1 N–H and O–H groups in total. The fraction of sp³-hybridized carbons (Fsp3) is 0.267. The molecule has 0 saturated heterocycles. The molecule has 8 nitrogen and oxygen atoms in total. The van der Waals surface area contributed by atoms with Crippen LogP contribution in [0.15, 0.2) is 22.9 Å². The minimum atomic E-state index is -1.05. The first-order valence-corrected chi connectivity index (χ1v) is 9.22. The third kappa shape index (κ3) is 2.72. The third-order valence-electron chi connectivity index (χ3n) is 4.06. The Hall–Kier alpha value is -2.59. The van der Waals surface area contributed by atoms with Gasteiger partial charge in [0.2, 0.25) is 0 Å². The maximum atomic E-state index is 12.9. The van der Waals surface area contributed by atoms with Crippen molar-refractivity contribution in [3.63, 3.8) is 0 Å². The zero-order valence-corrected chi connectivity index (χ0v) is 14.8. The van der Waals surface area contributed by atoms with Gasteiger partial charge in [0.1, 0.15) is 22.6 Å². The number of hydrogen-bond donors (Lipinski definition) is 1. The van der Waals surface area contributed by atoms with Crippen LogP contribution in [-0.2, 0) is 17.9 Å². The molecular formula is C15H13N5O3S2. The van der Waals surface area contributed by atoms with Gasteiger partial charge in [-0.25, -0.2) is 9.78 Å². The number of rotatable bonds is 3. The molecule has 25 heavy (non-hydrogen) atoms. The first-order valence-electron chi connectivity index (χ1n) is 7.46. The van der Waals surface area contributed by atoms with Gasteiger partial charge in [-0.15, -0.1) is 32.9 Å². The molecule has 0 spiro atoms. The number of carboxylic acids is 1. The van der Waals surface area contributed by atoms with E-state index in [-0.39, 0.29) is 18.8 Å². The van der Waals surface area contributed by atoms with E-state index >= 15 is 0 Å². The van der Waals surface area contributed by atoms with E-state index in [9.17, 15) is 14.7 Å². The molecule has 0 saturated carbocycles. The Morgan fingerprint density at radius 2 is 2.16 bits per heavy atom. The van der Waals surface area contributed by atoms with Gasteiger partial charge in [0.15, 0.2) is 5.82 Å². The maximum Gasteiger partial charge on any atom is 0.328 e. The molecule has 128 valence electrons. The molecule has 3 aromatic heterocycles. The number of aryl methyl sites for hydroxylation is 1. The van der Waals surface area contributed by atoms with Gasteiger partial charge in [0.25, 0.3) is 5.91 Å². The molecule has 0 radical (unpaired) electrons. The molecule has 3 aromatic rings. The number of carboxylic acid groups (broad SMARTS) is 1. The first kappa shape index (κ1) is 15.9. The molecule has 10 heteroatoms. The summed E-state index contributed by atoms with van der Waals surface area (Å²) < 4.78 is 1.74. The highest BCUT2D eigenvalue weighted by Crippen LogP contribution is 2.29. The lowest BCUT2D eigenvalue weighted by Crippen LogP contribution is -2.50. The summed E-state index contributed by atoms with van der Waals surface area (Å²) in [7, 11) is 0. The van der Waals surface area contributed by atoms with E-state index in [4.69, 9.17) is 0 Å². The summed E-state index contributed by atoms with van der Waals surface area (Å²) in [6.45, 7) is 2.00. The van der Waals surface area contributed by atoms with Gasteiger partial charge in [-0.2, -0.15) is 0 Å². The number of thiophene rings is 1. The number of aliphatic carboxylic acids is 1. The van der Waals surface area contributed by atoms with Gasteiger partial charge in [0.05, 0.1) is 18.0 Å². The fourth-order valence-corrected chi connectivity index (χ4v) is 4.38. The topological polar surface area (TPSA) is 101 Å². The minimum absolute atomic E-state index is 0.0997. The number of carbonyl (C=O) groups excluding carboxylic acids is 1. The third-order valence-corrected chi connectivity index (χ3v) is 5.94. The zero-order chi connectivity index (χ0) is 17.6. The number of nitrogens with zero attached hydrogens (tertiary/aromatic N) is 5. The summed E-state index contributed by atoms with van der Waals surface area (Å²) in [6, 6.07) is 2.88. The first-order chi connectivity index (χ1) is 12.0. The summed E-state index contributed by atoms with van der Waals surface area (Å²) in [6.07, 6.45) is 0. The van der Waals surface area contributed by atoms with Crippen molar-refractivity contribution in [2.24, 2.45) is 0 Å². The molecule has 1 aliphatic heterocycles. The highest BCUT2D eigenvalue weighted by Gasteiger charge is 2.37. The quantitative estimate of drug-likeness (QED) is 0.750. The molecular weight excluding hydrogens is 362 g/mol. The fourth-order valence-electron chi connectivity index (χ4n) is 2.77. The number of hydrogen-bond acceptors (Lipinski definition) is 7. The molecule has 1 atom stereocenters. The van der Waals surface area contributed by atoms with Crippen LogP contribution in [0.2, 0.25) is 0 Å². The number of fused-ring (bicyclic) bond motifs is 1. The summed E-state index contributed by atoms with van der Waals surface area (Å²) in [4.78, 5) is 31.2. The van der Waals surface area contributed by atoms with Gasteiger partial charge in [-0.1, -0.05) is 6.07 Å². The summed E-state index contributed by atoms with van der Waals surface area (Å²) >= 11 is 2.91. The lowest BCUT2D eigenvalue weighted by molar-refractivity contribution is -0.143. The molecule has 4 rings (SSSR count). The van der Waals surface area contributed by atoms with E-state index in [1.54, 1.807) is 28.2 Å². The average molecular weight is 375 g/mol. The van der Waals surface area contributed by atoms with Gasteiger partial charge in [-0.3, -0.25) is 4.79 Å². The van der Waals surface area contributed by atoms with Gasteiger partial charge in [-0.05, 0) is 18.4 Å². The molecule has 0 bridgehead atoms. The van der Waals surface area contributed by atoms with Crippen LogP contribution in [0.3, 0.4) is 0 Å². The van der Waals surface area contributed by atoms with Crippen LogP contribution in [0.1, 0.15) is 22.1 Å². The normalized spacial score (nSPS) is 16.7. The Bertz CT molecular complexity index is 946. The number of carbonyl (C=O) groups is 2. The van der Waals surface area contributed by atoms with E-state index in [1.165, 1.54) is 16.2 Å². The standard InChI is InChI=1S/C15H13N5O3S2/c1-8-17-18-12-6-20(10(15(22)23)5-19(8)12)14(21)9-7-25-13(16-9)11-3-2-4-24-11/h2-4,7,10H,5-6H2,1H3,(H,22,23). The van der Waals surface area contributed by atoms with Gasteiger partial charge >= 0.3 is 5.97 Å². The highest BCUT2D eigenvalue weighted by molar-refractivity contribution is 7.20. The monoisotopic (exact) mass is 375 g/mol. The van der Waals surface area contributed by atoms with Gasteiger partial charge in [0, 0.05) is 5.38 Å². The smallest absolute Gasteiger partial charge is 0.328 e. The van der Waals surface area contributed by atoms with Crippen molar-refractivity contribution >= 4 is 34.6 Å². The number of aromatic nitrogens is 4. The Labute approximate surface area is 150 Å². The minimum Gasteiger partial charge on any atom is -0.480 e. The molecule has 0 aliphatic carbocycles. The number of thiazole rings is 1. The lowest BCUT2D eigenvalue weighted by atomic mass is 10.1. The van der Waals surface area contributed by atoms with Crippen LogP contribution in [0.25, 0.3) is 9.88 Å². The Kier molecular flexibility index (Phi) is 3.85. The van der Waals surface area contributed by atoms with Crippen LogP contribution in [0.4, 0.5) is 0 Å². The van der Waals surface area contributed by atoms with Crippen LogP contribution in [0, 0.1) is 6.92 Å². The van der Waals surface area contributed by atoms with Crippen LogP contribution < -0.4 is 0 Å². The average Bonchev–Trinajstić information content (AvgIpc) is 3.34. The molecule has 4 heterocycles. The Balaban J connectivity index is 1.65. The van der Waals surface area contributed by atoms with E-state index < -0.39 is 17.9 Å². The molecule has 1 amide bonds. The van der Waals surface area contributed by atoms with Crippen LogP contribution in [0.5, 0.6) is 0 Å². The summed E-state index contributed by atoms with van der Waals surface area (Å²) in [5.41, 5.74) is 0.254. The second-order valence-electron chi connectivity index (χ2n) is 5.58. The molecule has 0 fully saturated rings. The molecule has 1 aliphatic rings. The SMILES string of the molecule is Cc1nnc2n1CC(C(=O)O)N(C(=O)c1csc(-c3cccs3)n1)C2. The van der Waals surface area contributed by atoms with Crippen molar-refractivity contribution in [3.05, 3.63) is 40.2 Å². The summed E-state index contributed by atoms with van der Waals surface area (Å²) in [5, 5.41) is 21.9. The van der Waals surface area contributed by atoms with Crippen molar-refractivity contribution in [1.82, 2.24) is 24.6 Å². The zero-order valence-electron chi connectivity index (χ0n) is 13.1. The van der Waals surface area contributed by atoms with Crippen molar-refractivity contribution in [2.45, 2.75) is 26.1 Å². The number of amides is 1. The molecule has 1 unspecified atom stereocenters. The lowest BCUT2D eigenvalue weighted by Gasteiger charge is -2.33. The van der Waals surface area contributed by atoms with Gasteiger partial charge < -0.3 is 14.6 Å². The van der Waals surface area contributed by atoms with Crippen molar-refractivity contribution in [1.29, 1.82) is 0 Å². The van der Waals surface area contributed by atoms with Crippen molar-refractivity contribution in [3.8, 4) is 9.88 Å². The predicted octanol–water partition coefficient (Wildman–Crippen LogP) is 1.88.